The lowest BCUT2D eigenvalue weighted by Crippen LogP contribution is -2.52. The molecule has 16 heteroatoms. The van der Waals surface area contributed by atoms with Gasteiger partial charge in [-0.3, -0.25) is 19.0 Å². The standard InChI is InChI=1S/C32H32Cl2N8O5S/c1-19(28(43)35-3)39-29(44)26-5-4-10-40(26)48(46,47)27-17-38-31-41(25-12-23(33)11-24(34)13-25)30(45)32(2,42(27)31)14-20-6-8-21(9-7-20)22-15-36-18-37-16-22/h6-9,11-13,15-19,26H,4-5,10,14H2,1-3H3,(H,35,43)(H,39,44)/t19-,26-,32+/m0/s1. The fourth-order valence-electron chi connectivity index (χ4n) is 6.28. The van der Waals surface area contributed by atoms with Gasteiger partial charge in [0.1, 0.15) is 23.9 Å². The highest BCUT2D eigenvalue weighted by molar-refractivity contribution is 7.89. The van der Waals surface area contributed by atoms with E-state index >= 15 is 0 Å². The van der Waals surface area contributed by atoms with Gasteiger partial charge < -0.3 is 10.6 Å². The number of fused-ring (bicyclic) bond motifs is 1. The second-order valence-corrected chi connectivity index (χ2v) is 14.6. The van der Waals surface area contributed by atoms with Crippen LogP contribution in [-0.4, -0.2) is 75.6 Å². The molecule has 0 unspecified atom stereocenters. The van der Waals surface area contributed by atoms with Gasteiger partial charge in [-0.05, 0) is 56.0 Å². The predicted molar refractivity (Wildman–Crippen MR) is 179 cm³/mol. The largest absolute Gasteiger partial charge is 0.357 e. The van der Waals surface area contributed by atoms with Crippen LogP contribution in [0, 0.1) is 0 Å². The Hall–Kier alpha value is -4.37. The number of sulfonamides is 1. The van der Waals surface area contributed by atoms with Gasteiger partial charge >= 0.3 is 0 Å². The van der Waals surface area contributed by atoms with Gasteiger partial charge in [-0.1, -0.05) is 47.5 Å². The molecule has 4 heterocycles. The molecule has 0 bridgehead atoms. The Bertz CT molecular complexity index is 1990. The molecule has 2 aliphatic heterocycles. The van der Waals surface area contributed by atoms with Crippen molar-refractivity contribution in [2.75, 3.05) is 18.5 Å². The van der Waals surface area contributed by atoms with Crippen molar-refractivity contribution in [3.63, 3.8) is 0 Å². The first kappa shape index (κ1) is 33.5. The average Bonchev–Trinajstić information content (AvgIpc) is 3.78. The second kappa shape index (κ2) is 12.9. The number of halogens is 2. The van der Waals surface area contributed by atoms with Crippen LogP contribution in [0.4, 0.5) is 11.6 Å². The molecule has 6 rings (SSSR count). The molecule has 250 valence electrons. The topological polar surface area (TPSA) is 159 Å². The van der Waals surface area contributed by atoms with Crippen LogP contribution in [0.5, 0.6) is 0 Å². The molecule has 1 saturated heterocycles. The number of carbonyl (C=O) groups is 3. The number of nitrogens with one attached hydrogen (secondary N) is 2. The third-order valence-electron chi connectivity index (χ3n) is 8.65. The number of imidazole rings is 1. The van der Waals surface area contributed by atoms with E-state index in [0.717, 1.165) is 21.0 Å². The summed E-state index contributed by atoms with van der Waals surface area (Å²) in [6, 6.07) is 10.2. The van der Waals surface area contributed by atoms with E-state index in [1.54, 1.807) is 31.5 Å². The summed E-state index contributed by atoms with van der Waals surface area (Å²) in [4.78, 5) is 53.7. The number of amides is 3. The van der Waals surface area contributed by atoms with Gasteiger partial charge in [0.25, 0.3) is 15.9 Å². The van der Waals surface area contributed by atoms with Crippen molar-refractivity contribution >= 4 is 62.6 Å². The van der Waals surface area contributed by atoms with E-state index in [9.17, 15) is 22.8 Å². The van der Waals surface area contributed by atoms with Crippen LogP contribution in [0.15, 0.2) is 72.4 Å². The molecule has 48 heavy (non-hydrogen) atoms. The molecule has 1 fully saturated rings. The van der Waals surface area contributed by atoms with Crippen LogP contribution >= 0.6 is 23.2 Å². The number of benzene rings is 2. The van der Waals surface area contributed by atoms with Crippen molar-refractivity contribution in [2.45, 2.75) is 55.8 Å². The van der Waals surface area contributed by atoms with Crippen LogP contribution in [0.3, 0.4) is 0 Å². The maximum Gasteiger partial charge on any atom is 0.261 e. The van der Waals surface area contributed by atoms with Crippen LogP contribution in [0.1, 0.15) is 32.3 Å². The number of nitrogens with zero attached hydrogens (tertiary/aromatic N) is 6. The Morgan fingerprint density at radius 3 is 2.35 bits per heavy atom. The first-order valence-electron chi connectivity index (χ1n) is 15.1. The van der Waals surface area contributed by atoms with E-state index in [-0.39, 0.29) is 40.4 Å². The summed E-state index contributed by atoms with van der Waals surface area (Å²) in [5.41, 5.74) is 1.27. The minimum absolute atomic E-state index is 0.0610. The number of rotatable bonds is 9. The zero-order chi connectivity index (χ0) is 34.4. The first-order valence-corrected chi connectivity index (χ1v) is 17.3. The lowest BCUT2D eigenvalue weighted by Gasteiger charge is -2.29. The van der Waals surface area contributed by atoms with Crippen molar-refractivity contribution in [1.29, 1.82) is 0 Å². The minimum Gasteiger partial charge on any atom is -0.357 e. The zero-order valence-electron chi connectivity index (χ0n) is 26.2. The van der Waals surface area contributed by atoms with Gasteiger partial charge in [0.2, 0.25) is 17.8 Å². The molecule has 0 saturated carbocycles. The number of carbonyl (C=O) groups excluding carboxylic acids is 3. The van der Waals surface area contributed by atoms with Gasteiger partial charge in [0.15, 0.2) is 5.03 Å². The van der Waals surface area contributed by atoms with E-state index in [0.29, 0.717) is 12.1 Å². The molecule has 3 amide bonds. The second-order valence-electron chi connectivity index (χ2n) is 11.9. The fourth-order valence-corrected chi connectivity index (χ4v) is 8.64. The zero-order valence-corrected chi connectivity index (χ0v) is 28.6. The molecule has 0 aliphatic carbocycles. The van der Waals surface area contributed by atoms with Gasteiger partial charge in [0, 0.05) is 48.0 Å². The molecule has 4 aromatic rings. The number of likely N-dealkylation sites (N-methyl/N-ethyl adjacent to an activating group) is 1. The number of aromatic nitrogens is 4. The van der Waals surface area contributed by atoms with Crippen molar-refractivity contribution in [1.82, 2.24) is 34.5 Å². The molecule has 2 aromatic heterocycles. The highest BCUT2D eigenvalue weighted by atomic mass is 35.5. The molecule has 13 nitrogen and oxygen atoms in total. The summed E-state index contributed by atoms with van der Waals surface area (Å²) in [5.74, 6) is -1.39. The highest BCUT2D eigenvalue weighted by Gasteiger charge is 2.53. The maximum atomic E-state index is 14.5. The molecule has 3 atom stereocenters. The Balaban J connectivity index is 1.41. The van der Waals surface area contributed by atoms with Crippen LogP contribution < -0.4 is 15.5 Å². The Labute approximate surface area is 287 Å². The number of hydrogen-bond donors (Lipinski definition) is 2. The smallest absolute Gasteiger partial charge is 0.261 e. The van der Waals surface area contributed by atoms with Crippen LogP contribution in [-0.2, 0) is 36.4 Å². The highest BCUT2D eigenvalue weighted by Crippen LogP contribution is 2.45. The predicted octanol–water partition coefficient (Wildman–Crippen LogP) is 3.69. The Morgan fingerprint density at radius 2 is 1.71 bits per heavy atom. The molecular weight excluding hydrogens is 679 g/mol. The van der Waals surface area contributed by atoms with E-state index < -0.39 is 45.4 Å². The van der Waals surface area contributed by atoms with E-state index in [1.165, 1.54) is 42.0 Å². The van der Waals surface area contributed by atoms with Crippen molar-refractivity contribution < 1.29 is 22.8 Å². The monoisotopic (exact) mass is 710 g/mol. The van der Waals surface area contributed by atoms with Gasteiger partial charge in [-0.2, -0.15) is 4.31 Å². The fraction of sp³-hybridized carbons (Fsp3) is 0.312. The van der Waals surface area contributed by atoms with E-state index in [4.69, 9.17) is 23.2 Å². The molecule has 0 radical (unpaired) electrons. The van der Waals surface area contributed by atoms with Gasteiger partial charge in [-0.15, -0.1) is 0 Å². The Kier molecular flexibility index (Phi) is 9.02. The van der Waals surface area contributed by atoms with Crippen molar-refractivity contribution in [2.24, 2.45) is 0 Å². The van der Waals surface area contributed by atoms with E-state index in [2.05, 4.69) is 25.6 Å². The molecular formula is C32H32Cl2N8O5S. The third kappa shape index (κ3) is 5.93. The lowest BCUT2D eigenvalue weighted by molar-refractivity contribution is -0.130. The van der Waals surface area contributed by atoms with Gasteiger partial charge in [0.05, 0.1) is 11.9 Å². The Morgan fingerprint density at radius 1 is 1.04 bits per heavy atom. The van der Waals surface area contributed by atoms with Crippen LogP contribution in [0.25, 0.3) is 11.1 Å². The summed E-state index contributed by atoms with van der Waals surface area (Å²) < 4.78 is 31.5. The summed E-state index contributed by atoms with van der Waals surface area (Å²) in [6.45, 7) is 3.24. The molecule has 2 aromatic carbocycles. The normalized spacial score (nSPS) is 20.1. The molecule has 0 spiro atoms. The van der Waals surface area contributed by atoms with Crippen molar-refractivity contribution in [3.05, 3.63) is 83.0 Å². The summed E-state index contributed by atoms with van der Waals surface area (Å²) in [7, 11) is -2.95. The van der Waals surface area contributed by atoms with E-state index in [1.807, 2.05) is 24.3 Å². The first-order chi connectivity index (χ1) is 22.8. The summed E-state index contributed by atoms with van der Waals surface area (Å²) >= 11 is 12.6. The average molecular weight is 712 g/mol. The van der Waals surface area contributed by atoms with Crippen LogP contribution in [0.2, 0.25) is 10.0 Å². The molecule has 2 aliphatic rings. The summed E-state index contributed by atoms with van der Waals surface area (Å²) in [6.07, 6.45) is 6.81. The quantitative estimate of drug-likeness (QED) is 0.266. The summed E-state index contributed by atoms with van der Waals surface area (Å²) in [5, 5.41) is 5.39. The number of anilines is 2. The minimum atomic E-state index is -4.40. The lowest BCUT2D eigenvalue weighted by atomic mass is 9.91. The third-order valence-corrected chi connectivity index (χ3v) is 11.0. The maximum absolute atomic E-state index is 14.5. The van der Waals surface area contributed by atoms with Crippen molar-refractivity contribution in [3.8, 4) is 11.1 Å². The number of hydrogen-bond acceptors (Lipinski definition) is 8. The molecule has 2 N–H and O–H groups in total. The SMILES string of the molecule is CNC(=O)[C@H](C)NC(=O)[C@@H]1CCCN1S(=O)(=O)c1cnc2n1[C@](C)(Cc1ccc(-c3cncnc3)cc1)C(=O)N2c1cc(Cl)cc(Cl)c1. The van der Waals surface area contributed by atoms with Gasteiger partial charge in [-0.25, -0.2) is 28.3 Å².